The summed E-state index contributed by atoms with van der Waals surface area (Å²) in [7, 11) is 1.71. The Kier molecular flexibility index (Phi) is 3.66. The van der Waals surface area contributed by atoms with E-state index in [-0.39, 0.29) is 0 Å². The van der Waals surface area contributed by atoms with Gasteiger partial charge in [0.15, 0.2) is 0 Å². The quantitative estimate of drug-likeness (QED) is 0.869. The van der Waals surface area contributed by atoms with Crippen LogP contribution in [0.15, 0.2) is 36.4 Å². The van der Waals surface area contributed by atoms with E-state index in [1.807, 2.05) is 6.07 Å². The molecule has 2 aromatic rings. The fraction of sp³-hybridized carbons (Fsp3) is 0.474. The monoisotopic (exact) mass is 283 g/mol. The maximum absolute atomic E-state index is 5.30. The van der Waals surface area contributed by atoms with Crippen molar-refractivity contribution in [1.82, 2.24) is 5.32 Å². The van der Waals surface area contributed by atoms with Gasteiger partial charge in [-0.15, -0.1) is 0 Å². The number of methoxy groups -OCH3 is 1. The third kappa shape index (κ3) is 2.77. The van der Waals surface area contributed by atoms with Crippen molar-refractivity contribution in [2.75, 3.05) is 13.7 Å². The second-order valence-electron chi connectivity index (χ2n) is 6.81. The molecule has 0 heterocycles. The molecule has 1 fully saturated rings. The first kappa shape index (κ1) is 14.4. The number of hydrogen-bond acceptors (Lipinski definition) is 2. The van der Waals surface area contributed by atoms with Gasteiger partial charge in [0, 0.05) is 6.04 Å². The maximum Gasteiger partial charge on any atom is 0.119 e. The van der Waals surface area contributed by atoms with Gasteiger partial charge < -0.3 is 10.1 Å². The summed E-state index contributed by atoms with van der Waals surface area (Å²) in [6.07, 6.45) is 1.31. The van der Waals surface area contributed by atoms with Crippen molar-refractivity contribution in [1.29, 1.82) is 0 Å². The van der Waals surface area contributed by atoms with Crippen molar-refractivity contribution in [2.45, 2.75) is 33.2 Å². The molecule has 0 aromatic heterocycles. The van der Waals surface area contributed by atoms with Crippen LogP contribution in [0.4, 0.5) is 0 Å². The van der Waals surface area contributed by atoms with E-state index in [1.54, 1.807) is 7.11 Å². The molecule has 0 bridgehead atoms. The fourth-order valence-electron chi connectivity index (χ4n) is 3.35. The second-order valence-corrected chi connectivity index (χ2v) is 6.81. The van der Waals surface area contributed by atoms with Crippen LogP contribution in [0.25, 0.3) is 10.8 Å². The predicted molar refractivity (Wildman–Crippen MR) is 88.8 cm³/mol. The largest absolute Gasteiger partial charge is 0.497 e. The van der Waals surface area contributed by atoms with Crippen LogP contribution in [0.5, 0.6) is 5.75 Å². The van der Waals surface area contributed by atoms with Gasteiger partial charge in [-0.1, -0.05) is 39.0 Å². The topological polar surface area (TPSA) is 21.3 Å². The lowest BCUT2D eigenvalue weighted by Gasteiger charge is -2.21. The lowest BCUT2D eigenvalue weighted by molar-refractivity contribution is 0.415. The molecule has 21 heavy (non-hydrogen) atoms. The highest BCUT2D eigenvalue weighted by atomic mass is 16.5. The van der Waals surface area contributed by atoms with Gasteiger partial charge in [-0.05, 0) is 58.8 Å². The zero-order valence-electron chi connectivity index (χ0n) is 13.4. The Balaban J connectivity index is 1.95. The van der Waals surface area contributed by atoms with Gasteiger partial charge in [0.2, 0.25) is 0 Å². The summed E-state index contributed by atoms with van der Waals surface area (Å²) in [6, 6.07) is 13.6. The molecule has 0 aliphatic heterocycles. The minimum Gasteiger partial charge on any atom is -0.497 e. The minimum absolute atomic E-state index is 0.469. The Labute approximate surface area is 127 Å². The number of ether oxygens (including phenoxy) is 1. The first-order valence-corrected chi connectivity index (χ1v) is 7.86. The Morgan fingerprint density at radius 1 is 1.19 bits per heavy atom. The van der Waals surface area contributed by atoms with Crippen LogP contribution in [0.3, 0.4) is 0 Å². The van der Waals surface area contributed by atoms with E-state index in [4.69, 9.17) is 4.74 Å². The summed E-state index contributed by atoms with van der Waals surface area (Å²) in [4.78, 5) is 0. The molecule has 1 N–H and O–H groups in total. The molecular weight excluding hydrogens is 258 g/mol. The number of benzene rings is 2. The first-order chi connectivity index (χ1) is 10.0. The maximum atomic E-state index is 5.30. The molecule has 1 aliphatic carbocycles. The Morgan fingerprint density at radius 2 is 1.86 bits per heavy atom. The summed E-state index contributed by atoms with van der Waals surface area (Å²) in [5.41, 5.74) is 1.88. The molecule has 0 spiro atoms. The van der Waals surface area contributed by atoms with E-state index in [0.717, 1.165) is 18.2 Å². The molecule has 2 unspecified atom stereocenters. The summed E-state index contributed by atoms with van der Waals surface area (Å²) >= 11 is 0. The van der Waals surface area contributed by atoms with E-state index in [2.05, 4.69) is 56.4 Å². The van der Waals surface area contributed by atoms with Crippen LogP contribution in [0, 0.1) is 11.3 Å². The van der Waals surface area contributed by atoms with Gasteiger partial charge in [0.25, 0.3) is 0 Å². The first-order valence-electron chi connectivity index (χ1n) is 7.86. The zero-order chi connectivity index (χ0) is 15.0. The van der Waals surface area contributed by atoms with Gasteiger partial charge in [0.05, 0.1) is 7.11 Å². The van der Waals surface area contributed by atoms with Gasteiger partial charge in [-0.3, -0.25) is 0 Å². The Hall–Kier alpha value is -1.54. The van der Waals surface area contributed by atoms with Crippen molar-refractivity contribution in [2.24, 2.45) is 11.3 Å². The van der Waals surface area contributed by atoms with E-state index in [1.165, 1.54) is 22.8 Å². The molecule has 2 nitrogen and oxygen atoms in total. The SMILES string of the molecule is CCNC(c1ccc2cc(OC)ccc2c1)C1CC1(C)C. The molecule has 1 saturated carbocycles. The number of hydrogen-bond donors (Lipinski definition) is 1. The van der Waals surface area contributed by atoms with Gasteiger partial charge in [-0.2, -0.15) is 0 Å². The molecule has 0 saturated heterocycles. The number of fused-ring (bicyclic) bond motifs is 1. The van der Waals surface area contributed by atoms with Crippen molar-refractivity contribution >= 4 is 10.8 Å². The molecule has 2 atom stereocenters. The average molecular weight is 283 g/mol. The third-order valence-electron chi connectivity index (χ3n) is 4.85. The lowest BCUT2D eigenvalue weighted by Crippen LogP contribution is -2.24. The van der Waals surface area contributed by atoms with Crippen LogP contribution in [0.1, 0.15) is 38.8 Å². The van der Waals surface area contributed by atoms with Gasteiger partial charge >= 0.3 is 0 Å². The van der Waals surface area contributed by atoms with Crippen LogP contribution in [0.2, 0.25) is 0 Å². The second kappa shape index (κ2) is 5.34. The normalized spacial score (nSPS) is 21.2. The highest BCUT2D eigenvalue weighted by Gasteiger charge is 2.50. The van der Waals surface area contributed by atoms with Crippen molar-refractivity contribution in [3.05, 3.63) is 42.0 Å². The molecule has 1 aliphatic rings. The lowest BCUT2D eigenvalue weighted by atomic mass is 9.95. The van der Waals surface area contributed by atoms with Gasteiger partial charge in [-0.25, -0.2) is 0 Å². The number of nitrogens with one attached hydrogen (secondary N) is 1. The summed E-state index contributed by atoms with van der Waals surface area (Å²) < 4.78 is 5.30. The van der Waals surface area contributed by atoms with Crippen molar-refractivity contribution < 1.29 is 4.74 Å². The molecule has 3 rings (SSSR count). The summed E-state index contributed by atoms with van der Waals surface area (Å²) in [6.45, 7) is 7.94. The van der Waals surface area contributed by atoms with Gasteiger partial charge in [0.1, 0.15) is 5.75 Å². The summed E-state index contributed by atoms with van der Waals surface area (Å²) in [5.74, 6) is 1.66. The standard InChI is InChI=1S/C19H25NO/c1-5-20-18(17-12-19(17,2)3)15-7-6-14-11-16(21-4)9-8-13(14)10-15/h6-11,17-18,20H,5,12H2,1-4H3. The van der Waals surface area contributed by atoms with Crippen LogP contribution in [-0.4, -0.2) is 13.7 Å². The van der Waals surface area contributed by atoms with E-state index < -0.39 is 0 Å². The smallest absolute Gasteiger partial charge is 0.119 e. The van der Waals surface area contributed by atoms with Crippen LogP contribution < -0.4 is 10.1 Å². The zero-order valence-corrected chi connectivity index (χ0v) is 13.4. The van der Waals surface area contributed by atoms with E-state index >= 15 is 0 Å². The average Bonchev–Trinajstić information content (AvgIpc) is 3.12. The number of rotatable bonds is 5. The Morgan fingerprint density at radius 3 is 2.48 bits per heavy atom. The van der Waals surface area contributed by atoms with Crippen molar-refractivity contribution in [3.8, 4) is 5.75 Å². The third-order valence-corrected chi connectivity index (χ3v) is 4.85. The van der Waals surface area contributed by atoms with Crippen LogP contribution >= 0.6 is 0 Å². The van der Waals surface area contributed by atoms with E-state index in [9.17, 15) is 0 Å². The highest BCUT2D eigenvalue weighted by Crippen LogP contribution is 2.57. The predicted octanol–water partition coefficient (Wildman–Crippen LogP) is 4.55. The molecule has 0 radical (unpaired) electrons. The molecule has 2 heteroatoms. The minimum atomic E-state index is 0.469. The summed E-state index contributed by atoms with van der Waals surface area (Å²) in [5, 5.41) is 6.21. The highest BCUT2D eigenvalue weighted by molar-refractivity contribution is 5.84. The fourth-order valence-corrected chi connectivity index (χ4v) is 3.35. The molecular formula is C19H25NO. The molecule has 2 aromatic carbocycles. The van der Waals surface area contributed by atoms with Crippen molar-refractivity contribution in [3.63, 3.8) is 0 Å². The molecule has 112 valence electrons. The Bertz CT molecular complexity index is 647. The van der Waals surface area contributed by atoms with E-state index in [0.29, 0.717) is 11.5 Å². The van der Waals surface area contributed by atoms with Crippen LogP contribution in [-0.2, 0) is 0 Å². The molecule has 0 amide bonds.